The maximum atomic E-state index is 12.4. The molecule has 0 spiro atoms. The number of hydrogen-bond donors (Lipinski definition) is 4. The summed E-state index contributed by atoms with van der Waals surface area (Å²) in [4.78, 5) is 37.3. The first-order chi connectivity index (χ1) is 17.9. The number of hydrogen-bond acceptors (Lipinski definition) is 10. The van der Waals surface area contributed by atoms with E-state index in [0.717, 1.165) is 38.5 Å². The SMILES string of the molecule is CCOC(=O)C1CCC(CC#Cc2nc(N)c3ncn(CO[C@H](C(=O)NC4CC4)C(O)CO)c3n2)CC1. The van der Waals surface area contributed by atoms with Gasteiger partial charge in [0.05, 0.1) is 25.5 Å². The number of imidazole rings is 1. The van der Waals surface area contributed by atoms with Crippen LogP contribution in [0.5, 0.6) is 0 Å². The predicted molar refractivity (Wildman–Crippen MR) is 132 cm³/mol. The van der Waals surface area contributed by atoms with Crippen molar-refractivity contribution in [3.8, 4) is 11.8 Å². The smallest absolute Gasteiger partial charge is 0.308 e. The van der Waals surface area contributed by atoms with Crippen LogP contribution in [0.25, 0.3) is 11.2 Å². The Balaban J connectivity index is 1.39. The fraction of sp³-hybridized carbons (Fsp3) is 0.640. The lowest BCUT2D eigenvalue weighted by atomic mass is 9.81. The molecular weight excluding hydrogens is 480 g/mol. The minimum atomic E-state index is -1.37. The highest BCUT2D eigenvalue weighted by atomic mass is 16.5. The highest BCUT2D eigenvalue weighted by molar-refractivity contribution is 5.82. The maximum Gasteiger partial charge on any atom is 0.308 e. The van der Waals surface area contributed by atoms with Crippen LogP contribution in [0.15, 0.2) is 6.33 Å². The molecule has 0 bridgehead atoms. The lowest BCUT2D eigenvalue weighted by molar-refractivity contribution is -0.149. The number of rotatable bonds is 10. The maximum absolute atomic E-state index is 12.4. The molecule has 1 amide bonds. The number of aromatic nitrogens is 4. The molecule has 5 N–H and O–H groups in total. The van der Waals surface area contributed by atoms with Gasteiger partial charge in [0.2, 0.25) is 5.82 Å². The number of fused-ring (bicyclic) bond motifs is 1. The molecule has 37 heavy (non-hydrogen) atoms. The van der Waals surface area contributed by atoms with E-state index in [4.69, 9.17) is 15.2 Å². The Bertz CT molecular complexity index is 1160. The van der Waals surface area contributed by atoms with Gasteiger partial charge in [0.25, 0.3) is 5.91 Å². The first-order valence-electron chi connectivity index (χ1n) is 12.7. The molecule has 200 valence electrons. The Labute approximate surface area is 215 Å². The number of amides is 1. The second kappa shape index (κ2) is 12.3. The molecule has 12 heteroatoms. The second-order valence-corrected chi connectivity index (χ2v) is 9.54. The largest absolute Gasteiger partial charge is 0.466 e. The number of ether oxygens (including phenoxy) is 2. The average Bonchev–Trinajstić information content (AvgIpc) is 3.61. The quantitative estimate of drug-likeness (QED) is 0.258. The Morgan fingerprint density at radius 2 is 2.00 bits per heavy atom. The first-order valence-corrected chi connectivity index (χ1v) is 12.7. The number of nitrogen functional groups attached to an aromatic ring is 1. The zero-order chi connectivity index (χ0) is 26.4. The summed E-state index contributed by atoms with van der Waals surface area (Å²) in [6, 6.07) is 0.0832. The Kier molecular flexibility index (Phi) is 8.91. The summed E-state index contributed by atoms with van der Waals surface area (Å²) in [6.45, 7) is 1.46. The van der Waals surface area contributed by atoms with E-state index in [-0.39, 0.29) is 36.3 Å². The van der Waals surface area contributed by atoms with Gasteiger partial charge < -0.3 is 30.7 Å². The molecule has 2 saturated carbocycles. The van der Waals surface area contributed by atoms with Crippen molar-refractivity contribution in [3.63, 3.8) is 0 Å². The molecule has 0 aliphatic heterocycles. The number of anilines is 1. The molecule has 0 aromatic carbocycles. The molecule has 0 radical (unpaired) electrons. The molecule has 2 aromatic rings. The summed E-state index contributed by atoms with van der Waals surface area (Å²) in [5.41, 5.74) is 6.82. The van der Waals surface area contributed by atoms with Crippen LogP contribution >= 0.6 is 0 Å². The van der Waals surface area contributed by atoms with Crippen LogP contribution in [0, 0.1) is 23.7 Å². The Morgan fingerprint density at radius 3 is 2.68 bits per heavy atom. The van der Waals surface area contributed by atoms with E-state index in [1.807, 2.05) is 6.92 Å². The van der Waals surface area contributed by atoms with Gasteiger partial charge in [-0.1, -0.05) is 5.92 Å². The molecule has 0 saturated heterocycles. The third-order valence-electron chi connectivity index (χ3n) is 6.66. The summed E-state index contributed by atoms with van der Waals surface area (Å²) in [6.07, 6.45) is 4.71. The highest BCUT2D eigenvalue weighted by Gasteiger charge is 2.32. The molecular formula is C25H34N6O6. The van der Waals surface area contributed by atoms with Crippen molar-refractivity contribution in [2.45, 2.75) is 76.9 Å². The van der Waals surface area contributed by atoms with E-state index in [1.165, 1.54) is 10.9 Å². The normalized spacial score (nSPS) is 21.1. The van der Waals surface area contributed by atoms with Crippen molar-refractivity contribution in [3.05, 3.63) is 12.2 Å². The fourth-order valence-corrected chi connectivity index (χ4v) is 4.38. The van der Waals surface area contributed by atoms with E-state index >= 15 is 0 Å². The van der Waals surface area contributed by atoms with Crippen molar-refractivity contribution in [2.75, 3.05) is 18.9 Å². The van der Waals surface area contributed by atoms with Crippen LogP contribution in [0.3, 0.4) is 0 Å². The monoisotopic (exact) mass is 514 g/mol. The third kappa shape index (κ3) is 6.94. The third-order valence-corrected chi connectivity index (χ3v) is 6.66. The highest BCUT2D eigenvalue weighted by Crippen LogP contribution is 2.31. The lowest BCUT2D eigenvalue weighted by Crippen LogP contribution is -2.46. The van der Waals surface area contributed by atoms with Crippen LogP contribution in [-0.2, 0) is 25.8 Å². The number of esters is 1. The van der Waals surface area contributed by atoms with E-state index in [9.17, 15) is 19.8 Å². The second-order valence-electron chi connectivity index (χ2n) is 9.54. The van der Waals surface area contributed by atoms with Gasteiger partial charge >= 0.3 is 5.97 Å². The van der Waals surface area contributed by atoms with Crippen LogP contribution < -0.4 is 11.1 Å². The molecule has 2 aromatic heterocycles. The van der Waals surface area contributed by atoms with Crippen LogP contribution in [0.2, 0.25) is 0 Å². The van der Waals surface area contributed by atoms with Gasteiger partial charge in [0.15, 0.2) is 17.6 Å². The summed E-state index contributed by atoms with van der Waals surface area (Å²) in [7, 11) is 0. The van der Waals surface area contributed by atoms with Gasteiger partial charge in [-0.05, 0) is 57.3 Å². The minimum Gasteiger partial charge on any atom is -0.466 e. The molecule has 1 unspecified atom stereocenters. The summed E-state index contributed by atoms with van der Waals surface area (Å²) >= 11 is 0. The van der Waals surface area contributed by atoms with Gasteiger partial charge in [-0.25, -0.2) is 15.0 Å². The van der Waals surface area contributed by atoms with Crippen LogP contribution in [0.1, 0.15) is 57.7 Å². The molecule has 2 atom stereocenters. The van der Waals surface area contributed by atoms with Crippen molar-refractivity contribution in [1.29, 1.82) is 0 Å². The van der Waals surface area contributed by atoms with Gasteiger partial charge in [0, 0.05) is 12.5 Å². The van der Waals surface area contributed by atoms with E-state index in [1.54, 1.807) is 0 Å². The Morgan fingerprint density at radius 1 is 1.24 bits per heavy atom. The summed E-state index contributed by atoms with van der Waals surface area (Å²) in [5.74, 6) is 6.31. The number of nitrogens with one attached hydrogen (secondary N) is 1. The molecule has 2 heterocycles. The number of aliphatic hydroxyl groups excluding tert-OH is 2. The van der Waals surface area contributed by atoms with Crippen molar-refractivity contribution in [1.82, 2.24) is 24.8 Å². The zero-order valence-electron chi connectivity index (χ0n) is 20.9. The van der Waals surface area contributed by atoms with Crippen molar-refractivity contribution in [2.24, 2.45) is 11.8 Å². The van der Waals surface area contributed by atoms with Gasteiger partial charge in [-0.3, -0.25) is 14.2 Å². The fourth-order valence-electron chi connectivity index (χ4n) is 4.38. The summed E-state index contributed by atoms with van der Waals surface area (Å²) in [5, 5.41) is 22.2. The number of nitrogens with two attached hydrogens (primary N) is 1. The van der Waals surface area contributed by atoms with Crippen LogP contribution in [-0.4, -0.2) is 73.1 Å². The summed E-state index contributed by atoms with van der Waals surface area (Å²) < 4.78 is 12.3. The van der Waals surface area contributed by atoms with Crippen molar-refractivity contribution < 1.29 is 29.3 Å². The zero-order valence-corrected chi connectivity index (χ0v) is 20.9. The average molecular weight is 515 g/mol. The molecule has 4 rings (SSSR count). The van der Waals surface area contributed by atoms with E-state index in [0.29, 0.717) is 30.1 Å². The standard InChI is InChI=1S/C25H34N6O6/c1-2-36-25(35)16-8-6-15(7-9-16)4-3-5-19-29-22(26)20-23(30-19)31(13-27-20)14-37-21(18(33)12-32)24(34)28-17-10-11-17/h13,15-18,21,32-33H,2,4,6-12,14H2,1H3,(H,28,34)(H2,26,29,30)/t15?,16?,18?,21-/m0/s1. The molecule has 12 nitrogen and oxygen atoms in total. The number of aliphatic hydroxyl groups is 2. The molecule has 2 aliphatic rings. The van der Waals surface area contributed by atoms with Gasteiger partial charge in [-0.15, -0.1) is 0 Å². The lowest BCUT2D eigenvalue weighted by Gasteiger charge is -2.25. The number of carbonyl (C=O) groups excluding carboxylic acids is 2. The number of nitrogens with zero attached hydrogens (tertiary/aromatic N) is 4. The topological polar surface area (TPSA) is 175 Å². The predicted octanol–water partition coefficient (Wildman–Crippen LogP) is 0.494. The molecule has 2 aliphatic carbocycles. The van der Waals surface area contributed by atoms with Crippen LogP contribution in [0.4, 0.5) is 5.82 Å². The van der Waals surface area contributed by atoms with Gasteiger partial charge in [0.1, 0.15) is 18.4 Å². The van der Waals surface area contributed by atoms with E-state index in [2.05, 4.69) is 32.1 Å². The molecule has 2 fully saturated rings. The van der Waals surface area contributed by atoms with Gasteiger partial charge in [-0.2, -0.15) is 0 Å². The minimum absolute atomic E-state index is 0.0185. The van der Waals surface area contributed by atoms with E-state index < -0.39 is 24.7 Å². The Hall–Kier alpha value is -3.27. The van der Waals surface area contributed by atoms with Crippen molar-refractivity contribution >= 4 is 28.9 Å². The number of carbonyl (C=O) groups is 2. The first kappa shape index (κ1) is 26.8.